The number of hydrogen-bond acceptors (Lipinski definition) is 5. The molecule has 0 radical (unpaired) electrons. The van der Waals surface area contributed by atoms with Crippen molar-refractivity contribution in [1.29, 1.82) is 0 Å². The van der Waals surface area contributed by atoms with Crippen LogP contribution in [0, 0.1) is 10.1 Å². The lowest BCUT2D eigenvalue weighted by molar-refractivity contribution is -0.384. The Morgan fingerprint density at radius 3 is 2.44 bits per heavy atom. The van der Waals surface area contributed by atoms with Gasteiger partial charge >= 0.3 is 5.97 Å². The van der Waals surface area contributed by atoms with Crippen molar-refractivity contribution in [1.82, 2.24) is 9.36 Å². The van der Waals surface area contributed by atoms with Crippen molar-refractivity contribution < 1.29 is 14.5 Å². The van der Waals surface area contributed by atoms with Crippen LogP contribution >= 0.6 is 0 Å². The SMILES string of the molecule is CCCc1c(Cc2ccc([N+](=O)[O-])cc2)c(=O)n(C)n1CC(=O)OC. The van der Waals surface area contributed by atoms with Crippen molar-refractivity contribution in [3.8, 4) is 0 Å². The normalized spacial score (nSPS) is 10.7. The van der Waals surface area contributed by atoms with E-state index >= 15 is 0 Å². The van der Waals surface area contributed by atoms with Gasteiger partial charge in [-0.3, -0.25) is 29.1 Å². The Morgan fingerprint density at radius 2 is 1.92 bits per heavy atom. The first kappa shape index (κ1) is 18.4. The van der Waals surface area contributed by atoms with E-state index in [0.717, 1.165) is 17.7 Å². The van der Waals surface area contributed by atoms with Crippen LogP contribution in [0.4, 0.5) is 5.69 Å². The molecule has 25 heavy (non-hydrogen) atoms. The Morgan fingerprint density at radius 1 is 1.28 bits per heavy atom. The third-order valence-electron chi connectivity index (χ3n) is 4.10. The molecule has 2 rings (SSSR count). The summed E-state index contributed by atoms with van der Waals surface area (Å²) in [6.07, 6.45) is 1.82. The highest BCUT2D eigenvalue weighted by molar-refractivity contribution is 5.69. The molecule has 1 aromatic heterocycles. The number of nitro groups is 1. The van der Waals surface area contributed by atoms with Crippen molar-refractivity contribution in [2.24, 2.45) is 7.05 Å². The summed E-state index contributed by atoms with van der Waals surface area (Å²) in [5, 5.41) is 10.7. The molecule has 0 unspecified atom stereocenters. The van der Waals surface area contributed by atoms with E-state index < -0.39 is 10.9 Å². The molecule has 2 aromatic rings. The maximum absolute atomic E-state index is 12.6. The topological polar surface area (TPSA) is 96.4 Å². The summed E-state index contributed by atoms with van der Waals surface area (Å²) in [5.41, 5.74) is 2.02. The second-order valence-corrected chi connectivity index (χ2v) is 5.74. The van der Waals surface area contributed by atoms with E-state index in [1.807, 2.05) is 6.92 Å². The van der Waals surface area contributed by atoms with Crippen molar-refractivity contribution in [3.63, 3.8) is 0 Å². The maximum Gasteiger partial charge on any atom is 0.327 e. The van der Waals surface area contributed by atoms with Gasteiger partial charge in [-0.05, 0) is 12.0 Å². The van der Waals surface area contributed by atoms with Crippen LogP contribution in [0.2, 0.25) is 0 Å². The molecular weight excluding hydrogens is 326 g/mol. The van der Waals surface area contributed by atoms with Gasteiger partial charge in [-0.2, -0.15) is 0 Å². The van der Waals surface area contributed by atoms with Crippen LogP contribution in [0.5, 0.6) is 0 Å². The predicted molar refractivity (Wildman–Crippen MR) is 91.6 cm³/mol. The molecule has 0 atom stereocenters. The van der Waals surface area contributed by atoms with Gasteiger partial charge in [0.05, 0.1) is 12.0 Å². The number of non-ortho nitro benzene ring substituents is 1. The van der Waals surface area contributed by atoms with Gasteiger partial charge in [-0.25, -0.2) is 0 Å². The van der Waals surface area contributed by atoms with Crippen LogP contribution in [0.3, 0.4) is 0 Å². The molecule has 0 aliphatic heterocycles. The summed E-state index contributed by atoms with van der Waals surface area (Å²) in [7, 11) is 2.92. The van der Waals surface area contributed by atoms with Gasteiger partial charge in [0.1, 0.15) is 6.54 Å². The molecule has 0 spiro atoms. The van der Waals surface area contributed by atoms with Crippen molar-refractivity contribution in [3.05, 3.63) is 61.6 Å². The highest BCUT2D eigenvalue weighted by Crippen LogP contribution is 2.17. The fourth-order valence-electron chi connectivity index (χ4n) is 2.79. The Kier molecular flexibility index (Phi) is 5.74. The molecule has 1 aromatic carbocycles. The zero-order valence-corrected chi connectivity index (χ0v) is 14.5. The molecule has 0 fully saturated rings. The summed E-state index contributed by atoms with van der Waals surface area (Å²) in [6.45, 7) is 1.97. The molecule has 8 nitrogen and oxygen atoms in total. The summed E-state index contributed by atoms with van der Waals surface area (Å²) in [4.78, 5) is 34.6. The minimum Gasteiger partial charge on any atom is -0.468 e. The molecule has 0 amide bonds. The lowest BCUT2D eigenvalue weighted by Gasteiger charge is -2.11. The van der Waals surface area contributed by atoms with Crippen LogP contribution < -0.4 is 5.56 Å². The lowest BCUT2D eigenvalue weighted by atomic mass is 10.0. The zero-order valence-electron chi connectivity index (χ0n) is 14.5. The van der Waals surface area contributed by atoms with Gasteiger partial charge in [-0.1, -0.05) is 25.5 Å². The minimum absolute atomic E-state index is 0.00805. The lowest BCUT2D eigenvalue weighted by Crippen LogP contribution is -2.24. The first-order valence-electron chi connectivity index (χ1n) is 7.96. The standard InChI is InChI=1S/C17H21N3O5/c1-4-5-15-14(10-12-6-8-13(9-7-12)20(23)24)17(22)18(2)19(15)11-16(21)25-3/h6-9H,4-5,10-11H2,1-3H3. The fourth-order valence-corrected chi connectivity index (χ4v) is 2.79. The Labute approximate surface area is 144 Å². The number of methoxy groups -OCH3 is 1. The smallest absolute Gasteiger partial charge is 0.327 e. The first-order chi connectivity index (χ1) is 11.9. The average molecular weight is 347 g/mol. The second kappa shape index (κ2) is 7.78. The van der Waals surface area contributed by atoms with E-state index in [9.17, 15) is 19.7 Å². The molecule has 8 heteroatoms. The number of aromatic nitrogens is 2. The number of esters is 1. The zero-order chi connectivity index (χ0) is 18.6. The van der Waals surface area contributed by atoms with Crippen molar-refractivity contribution in [2.45, 2.75) is 32.7 Å². The minimum atomic E-state index is -0.460. The quantitative estimate of drug-likeness (QED) is 0.432. The van der Waals surface area contributed by atoms with Crippen molar-refractivity contribution >= 4 is 11.7 Å². The monoisotopic (exact) mass is 347 g/mol. The molecule has 0 N–H and O–H groups in total. The van der Waals surface area contributed by atoms with E-state index in [1.165, 1.54) is 23.9 Å². The largest absolute Gasteiger partial charge is 0.468 e. The summed E-state index contributed by atoms with van der Waals surface area (Å²) >= 11 is 0. The highest BCUT2D eigenvalue weighted by Gasteiger charge is 2.20. The van der Waals surface area contributed by atoms with E-state index in [2.05, 4.69) is 0 Å². The van der Waals surface area contributed by atoms with Crippen LogP contribution in [0.1, 0.15) is 30.2 Å². The number of carbonyl (C=O) groups is 1. The Balaban J connectivity index is 2.42. The maximum atomic E-state index is 12.6. The molecule has 134 valence electrons. The van der Waals surface area contributed by atoms with Crippen LogP contribution in [0.25, 0.3) is 0 Å². The molecule has 0 saturated heterocycles. The number of ether oxygens (including phenoxy) is 1. The average Bonchev–Trinajstić information content (AvgIpc) is 2.81. The summed E-state index contributed by atoms with van der Waals surface area (Å²) < 4.78 is 7.76. The molecule has 0 aliphatic carbocycles. The number of benzene rings is 1. The predicted octanol–water partition coefficient (Wildman–Crippen LogP) is 1.81. The molecule has 1 heterocycles. The van der Waals surface area contributed by atoms with E-state index in [-0.39, 0.29) is 17.8 Å². The Hall–Kier alpha value is -2.90. The molecule has 0 saturated carbocycles. The van der Waals surface area contributed by atoms with Gasteiger partial charge < -0.3 is 4.74 Å². The van der Waals surface area contributed by atoms with Gasteiger partial charge in [0, 0.05) is 36.9 Å². The first-order valence-corrected chi connectivity index (χ1v) is 7.96. The van der Waals surface area contributed by atoms with Crippen molar-refractivity contribution in [2.75, 3.05) is 7.11 Å². The summed E-state index contributed by atoms with van der Waals surface area (Å²) in [5.74, 6) is -0.426. The van der Waals surface area contributed by atoms with Gasteiger partial charge in [0.15, 0.2) is 0 Å². The molecular formula is C17H21N3O5. The van der Waals surface area contributed by atoms with Gasteiger partial charge in [0.2, 0.25) is 0 Å². The van der Waals surface area contributed by atoms with E-state index in [4.69, 9.17) is 4.74 Å². The number of carbonyl (C=O) groups excluding carboxylic acids is 1. The van der Waals surface area contributed by atoms with Gasteiger partial charge in [-0.15, -0.1) is 0 Å². The summed E-state index contributed by atoms with van der Waals surface area (Å²) in [6, 6.07) is 6.13. The third kappa shape index (κ3) is 3.96. The van der Waals surface area contributed by atoms with Crippen LogP contribution in [0.15, 0.2) is 29.1 Å². The molecule has 0 bridgehead atoms. The van der Waals surface area contributed by atoms with E-state index in [1.54, 1.807) is 23.9 Å². The van der Waals surface area contributed by atoms with Gasteiger partial charge in [0.25, 0.3) is 11.2 Å². The molecule has 0 aliphatic rings. The number of nitrogens with zero attached hydrogens (tertiary/aromatic N) is 3. The Bertz CT molecular complexity index is 833. The number of rotatable bonds is 7. The number of hydrogen-bond donors (Lipinski definition) is 0. The highest BCUT2D eigenvalue weighted by atomic mass is 16.6. The van der Waals surface area contributed by atoms with E-state index in [0.29, 0.717) is 18.4 Å². The third-order valence-corrected chi connectivity index (χ3v) is 4.10. The second-order valence-electron chi connectivity index (χ2n) is 5.74. The number of nitro benzene ring substituents is 1. The fraction of sp³-hybridized carbons (Fsp3) is 0.412. The van der Waals surface area contributed by atoms with Crippen LogP contribution in [-0.4, -0.2) is 27.4 Å². The van der Waals surface area contributed by atoms with Crippen LogP contribution in [-0.2, 0) is 36.0 Å².